The Morgan fingerprint density at radius 1 is 1.12 bits per heavy atom. The standard InChI is InChI=1S/C20H33N3O10/c1-4-29-10-20(11-30-5-2,12-31-6-3)18(26)32-9-13-15(24)16(25)17(33-13)23-8-7-14(22-28)21-19(23)27/h7-8,13,15-17,24-25,28H,4-6,9-12H2,1-3H3,(H,21,22,27)/t13-,15-,16-,17-/m1/s1. The molecule has 1 aromatic rings. The van der Waals surface area contributed by atoms with Crippen molar-refractivity contribution in [3.05, 3.63) is 22.7 Å². The fourth-order valence-corrected chi connectivity index (χ4v) is 3.27. The smallest absolute Gasteiger partial charge is 0.351 e. The van der Waals surface area contributed by atoms with Gasteiger partial charge in [0.25, 0.3) is 0 Å². The predicted molar refractivity (Wildman–Crippen MR) is 113 cm³/mol. The van der Waals surface area contributed by atoms with Crippen molar-refractivity contribution in [3.63, 3.8) is 0 Å². The molecule has 1 saturated heterocycles. The van der Waals surface area contributed by atoms with Crippen LogP contribution in [-0.4, -0.2) is 95.5 Å². The van der Waals surface area contributed by atoms with E-state index in [0.29, 0.717) is 19.8 Å². The van der Waals surface area contributed by atoms with Gasteiger partial charge in [-0.3, -0.25) is 20.0 Å². The van der Waals surface area contributed by atoms with Gasteiger partial charge in [0.15, 0.2) is 12.0 Å². The van der Waals surface area contributed by atoms with Crippen LogP contribution in [0.25, 0.3) is 0 Å². The van der Waals surface area contributed by atoms with Crippen molar-refractivity contribution in [2.75, 3.05) is 51.7 Å². The molecule has 0 bridgehead atoms. The maximum absolute atomic E-state index is 13.0. The van der Waals surface area contributed by atoms with E-state index in [1.165, 1.54) is 12.3 Å². The lowest BCUT2D eigenvalue weighted by molar-refractivity contribution is -0.176. The predicted octanol–water partition coefficient (Wildman–Crippen LogP) is -0.697. The summed E-state index contributed by atoms with van der Waals surface area (Å²) in [6.07, 6.45) is -4.07. The molecule has 1 aromatic heterocycles. The average Bonchev–Trinajstić information content (AvgIpc) is 3.10. The molecule has 13 heteroatoms. The molecule has 1 aliphatic heterocycles. The Kier molecular flexibility index (Phi) is 10.6. The summed E-state index contributed by atoms with van der Waals surface area (Å²) >= 11 is 0. The Balaban J connectivity index is 2.11. The summed E-state index contributed by atoms with van der Waals surface area (Å²) in [5.74, 6) is -0.757. The molecule has 4 atom stereocenters. The molecule has 0 spiro atoms. The SMILES string of the molecule is CCOCC(COCC)(COCC)C(=O)OC[C@H]1O[C@@H](n2ccc(NO)nc2=O)[C@H](O)[C@@H]1O. The maximum atomic E-state index is 13.0. The van der Waals surface area contributed by atoms with Gasteiger partial charge in [-0.2, -0.15) is 4.98 Å². The van der Waals surface area contributed by atoms with Crippen LogP contribution < -0.4 is 11.2 Å². The molecular formula is C20H33N3O10. The Bertz CT molecular complexity index is 783. The number of aliphatic hydroxyl groups is 2. The molecule has 0 unspecified atom stereocenters. The van der Waals surface area contributed by atoms with Gasteiger partial charge in [-0.05, 0) is 26.8 Å². The Labute approximate surface area is 191 Å². The van der Waals surface area contributed by atoms with Crippen molar-refractivity contribution in [1.82, 2.24) is 9.55 Å². The molecule has 188 valence electrons. The summed E-state index contributed by atoms with van der Waals surface area (Å²) in [5, 5.41) is 29.6. The second-order valence-electron chi connectivity index (χ2n) is 7.45. The molecule has 0 aliphatic carbocycles. The van der Waals surface area contributed by atoms with Crippen LogP contribution in [-0.2, 0) is 28.5 Å². The van der Waals surface area contributed by atoms with Crippen LogP contribution in [0.15, 0.2) is 17.1 Å². The molecule has 1 fully saturated rings. The normalized spacial score (nSPS) is 23.0. The van der Waals surface area contributed by atoms with E-state index in [4.69, 9.17) is 28.9 Å². The molecule has 0 saturated carbocycles. The highest BCUT2D eigenvalue weighted by atomic mass is 16.6. The summed E-state index contributed by atoms with van der Waals surface area (Å²) in [5.41, 5.74) is -0.312. The van der Waals surface area contributed by atoms with E-state index >= 15 is 0 Å². The van der Waals surface area contributed by atoms with Gasteiger partial charge in [0.05, 0.1) is 19.8 Å². The fourth-order valence-electron chi connectivity index (χ4n) is 3.27. The number of hydrogen-bond acceptors (Lipinski definition) is 12. The minimum Gasteiger partial charge on any atom is -0.462 e. The lowest BCUT2D eigenvalue weighted by Gasteiger charge is -2.31. The second-order valence-corrected chi connectivity index (χ2v) is 7.45. The average molecular weight is 475 g/mol. The van der Waals surface area contributed by atoms with Crippen molar-refractivity contribution in [3.8, 4) is 0 Å². The van der Waals surface area contributed by atoms with Gasteiger partial charge in [-0.15, -0.1) is 0 Å². The number of carbonyl (C=O) groups excluding carboxylic acids is 1. The van der Waals surface area contributed by atoms with Gasteiger partial charge in [0.2, 0.25) is 0 Å². The number of aromatic nitrogens is 2. The van der Waals surface area contributed by atoms with E-state index in [-0.39, 0.29) is 25.6 Å². The van der Waals surface area contributed by atoms with E-state index in [1.807, 2.05) is 0 Å². The number of esters is 1. The van der Waals surface area contributed by atoms with Gasteiger partial charge < -0.3 is 33.9 Å². The first-order valence-corrected chi connectivity index (χ1v) is 10.7. The van der Waals surface area contributed by atoms with Crippen molar-refractivity contribution >= 4 is 11.8 Å². The number of ether oxygens (including phenoxy) is 5. The van der Waals surface area contributed by atoms with E-state index in [1.54, 1.807) is 26.3 Å². The van der Waals surface area contributed by atoms with Gasteiger partial charge in [0.1, 0.15) is 30.3 Å². The number of anilines is 1. The van der Waals surface area contributed by atoms with Crippen molar-refractivity contribution in [2.24, 2.45) is 5.41 Å². The summed E-state index contributed by atoms with van der Waals surface area (Å²) in [7, 11) is 0. The monoisotopic (exact) mass is 475 g/mol. The number of carbonyl (C=O) groups is 1. The molecule has 0 amide bonds. The van der Waals surface area contributed by atoms with Crippen molar-refractivity contribution < 1.29 is 43.9 Å². The highest BCUT2D eigenvalue weighted by Crippen LogP contribution is 2.30. The molecule has 2 rings (SSSR count). The first-order valence-electron chi connectivity index (χ1n) is 10.7. The van der Waals surface area contributed by atoms with Gasteiger partial charge in [0, 0.05) is 26.0 Å². The third-order valence-corrected chi connectivity index (χ3v) is 5.12. The van der Waals surface area contributed by atoms with Gasteiger partial charge >= 0.3 is 11.7 Å². The first-order chi connectivity index (χ1) is 15.8. The van der Waals surface area contributed by atoms with Crippen LogP contribution in [0, 0.1) is 5.41 Å². The number of nitrogens with one attached hydrogen (secondary N) is 1. The zero-order valence-electron chi connectivity index (χ0n) is 19.0. The minimum absolute atomic E-state index is 0.00790. The fraction of sp³-hybridized carbons (Fsp3) is 0.750. The Hall–Kier alpha value is -2.13. The maximum Gasteiger partial charge on any atom is 0.351 e. The van der Waals surface area contributed by atoms with Crippen LogP contribution in [0.5, 0.6) is 0 Å². The molecule has 1 aliphatic rings. The van der Waals surface area contributed by atoms with Crippen molar-refractivity contribution in [2.45, 2.75) is 45.3 Å². The van der Waals surface area contributed by atoms with Gasteiger partial charge in [-0.1, -0.05) is 0 Å². The third-order valence-electron chi connectivity index (χ3n) is 5.12. The third kappa shape index (κ3) is 6.69. The van der Waals surface area contributed by atoms with E-state index in [9.17, 15) is 19.8 Å². The molecular weight excluding hydrogens is 442 g/mol. The molecule has 0 aromatic carbocycles. The topological polar surface area (TPSA) is 171 Å². The van der Waals surface area contributed by atoms with E-state index in [2.05, 4.69) is 4.98 Å². The number of rotatable bonds is 14. The van der Waals surface area contributed by atoms with Crippen LogP contribution in [0.4, 0.5) is 5.82 Å². The van der Waals surface area contributed by atoms with E-state index < -0.39 is 48.2 Å². The second kappa shape index (κ2) is 12.9. The zero-order chi connectivity index (χ0) is 24.4. The summed E-state index contributed by atoms with van der Waals surface area (Å²) in [6.45, 7) is 6.13. The van der Waals surface area contributed by atoms with Crippen molar-refractivity contribution in [1.29, 1.82) is 0 Å². The lowest BCUT2D eigenvalue weighted by Crippen LogP contribution is -2.47. The first kappa shape index (κ1) is 27.1. The van der Waals surface area contributed by atoms with E-state index in [0.717, 1.165) is 4.57 Å². The highest BCUT2D eigenvalue weighted by molar-refractivity contribution is 5.77. The number of nitrogens with zero attached hydrogens (tertiary/aromatic N) is 2. The largest absolute Gasteiger partial charge is 0.462 e. The summed E-state index contributed by atoms with van der Waals surface area (Å²) in [4.78, 5) is 28.7. The molecule has 33 heavy (non-hydrogen) atoms. The molecule has 13 nitrogen and oxygen atoms in total. The molecule has 4 N–H and O–H groups in total. The Morgan fingerprint density at radius 3 is 2.18 bits per heavy atom. The van der Waals surface area contributed by atoms with Crippen LogP contribution in [0.3, 0.4) is 0 Å². The zero-order valence-corrected chi connectivity index (χ0v) is 19.0. The number of aliphatic hydroxyl groups excluding tert-OH is 2. The van der Waals surface area contributed by atoms with Gasteiger partial charge in [-0.25, -0.2) is 4.79 Å². The highest BCUT2D eigenvalue weighted by Gasteiger charge is 2.47. The van der Waals surface area contributed by atoms with Crippen LogP contribution >= 0.6 is 0 Å². The van der Waals surface area contributed by atoms with Crippen LogP contribution in [0.1, 0.15) is 27.0 Å². The molecule has 2 heterocycles. The lowest BCUT2D eigenvalue weighted by atomic mass is 9.91. The summed E-state index contributed by atoms with van der Waals surface area (Å²) in [6, 6.07) is 1.28. The Morgan fingerprint density at radius 2 is 1.70 bits per heavy atom. The summed E-state index contributed by atoms with van der Waals surface area (Å²) < 4.78 is 28.4. The van der Waals surface area contributed by atoms with Crippen LogP contribution in [0.2, 0.25) is 0 Å². The quantitative estimate of drug-likeness (QED) is 0.197. The molecule has 0 radical (unpaired) electrons. The number of hydrogen-bond donors (Lipinski definition) is 4. The minimum atomic E-state index is -1.49.